The first kappa shape index (κ1) is 21.7. The number of hydrogen-bond acceptors (Lipinski definition) is 7. The molecular weight excluding hydrogens is 380 g/mol. The number of fused-ring (bicyclic) bond motifs is 1. The molecule has 0 amide bonds. The highest BCUT2D eigenvalue weighted by Crippen LogP contribution is 2.27. The van der Waals surface area contributed by atoms with Crippen LogP contribution in [-0.4, -0.2) is 59.6 Å². The lowest BCUT2D eigenvalue weighted by Gasteiger charge is -2.16. The van der Waals surface area contributed by atoms with Crippen molar-refractivity contribution in [2.24, 2.45) is 0 Å². The van der Waals surface area contributed by atoms with Gasteiger partial charge in [-0.3, -0.25) is 4.79 Å². The fraction of sp³-hybridized carbons (Fsp3) is 0.409. The highest BCUT2D eigenvalue weighted by Gasteiger charge is 2.13. The van der Waals surface area contributed by atoms with Crippen molar-refractivity contribution >= 4 is 28.5 Å². The summed E-state index contributed by atoms with van der Waals surface area (Å²) in [5.41, 5.74) is 3.94. The molecule has 8 heteroatoms. The maximum atomic E-state index is 11.6. The summed E-state index contributed by atoms with van der Waals surface area (Å²) >= 11 is 0. The molecule has 0 unspecified atom stereocenters. The topological polar surface area (TPSA) is 95.2 Å². The molecule has 0 spiro atoms. The molecule has 2 aromatic heterocycles. The van der Waals surface area contributed by atoms with E-state index in [1.165, 1.54) is 0 Å². The number of aromatic nitrogens is 3. The molecule has 0 aliphatic rings. The summed E-state index contributed by atoms with van der Waals surface area (Å²) in [6.07, 6.45) is 4.56. The number of nitrogens with one attached hydrogen (secondary N) is 3. The number of aromatic amines is 1. The molecule has 8 nitrogen and oxygen atoms in total. The van der Waals surface area contributed by atoms with Crippen LogP contribution in [0.1, 0.15) is 24.5 Å². The average Bonchev–Trinajstić information content (AvgIpc) is 3.15. The van der Waals surface area contributed by atoms with Gasteiger partial charge in [0, 0.05) is 37.9 Å². The number of anilines is 2. The van der Waals surface area contributed by atoms with Crippen molar-refractivity contribution in [3.8, 4) is 0 Å². The van der Waals surface area contributed by atoms with Crippen molar-refractivity contribution in [1.82, 2.24) is 25.2 Å². The van der Waals surface area contributed by atoms with Crippen molar-refractivity contribution in [2.75, 3.05) is 39.1 Å². The smallest absolute Gasteiger partial charge is 0.306 e. The highest BCUT2D eigenvalue weighted by atomic mass is 16.5. The Hall–Kier alpha value is -2.97. The molecule has 0 atom stereocenters. The summed E-state index contributed by atoms with van der Waals surface area (Å²) in [7, 11) is 4.05. The number of rotatable bonds is 11. The third-order valence-corrected chi connectivity index (χ3v) is 4.85. The minimum atomic E-state index is -0.173. The SMILES string of the molecule is CCOC(=O)CCc1cccc(Nc2ncnc3[nH]cc(CN(C)CCNC)c23)c1. The Morgan fingerprint density at radius 2 is 2.17 bits per heavy atom. The van der Waals surface area contributed by atoms with E-state index in [-0.39, 0.29) is 5.97 Å². The van der Waals surface area contributed by atoms with Crippen molar-refractivity contribution in [1.29, 1.82) is 0 Å². The Kier molecular flexibility index (Phi) is 7.75. The van der Waals surface area contributed by atoms with Crippen molar-refractivity contribution in [3.63, 3.8) is 0 Å². The monoisotopic (exact) mass is 410 g/mol. The second-order valence-electron chi connectivity index (χ2n) is 7.23. The Balaban J connectivity index is 1.76. The fourth-order valence-electron chi connectivity index (χ4n) is 3.34. The maximum Gasteiger partial charge on any atom is 0.306 e. The number of aryl methyl sites for hydroxylation is 1. The Bertz CT molecular complexity index is 971. The van der Waals surface area contributed by atoms with Gasteiger partial charge in [-0.15, -0.1) is 0 Å². The zero-order chi connectivity index (χ0) is 21.3. The zero-order valence-electron chi connectivity index (χ0n) is 17.9. The molecule has 0 saturated heterocycles. The van der Waals surface area contributed by atoms with Gasteiger partial charge in [0.1, 0.15) is 17.8 Å². The lowest BCUT2D eigenvalue weighted by atomic mass is 10.1. The van der Waals surface area contributed by atoms with E-state index in [1.807, 2.05) is 44.4 Å². The highest BCUT2D eigenvalue weighted by molar-refractivity contribution is 5.92. The number of H-pyrrole nitrogens is 1. The lowest BCUT2D eigenvalue weighted by molar-refractivity contribution is -0.143. The molecule has 3 aromatic rings. The lowest BCUT2D eigenvalue weighted by Crippen LogP contribution is -2.26. The Morgan fingerprint density at radius 1 is 1.30 bits per heavy atom. The van der Waals surface area contributed by atoms with Crippen LogP contribution in [0.5, 0.6) is 0 Å². The van der Waals surface area contributed by atoms with Crippen LogP contribution in [0.25, 0.3) is 11.0 Å². The van der Waals surface area contributed by atoms with E-state index < -0.39 is 0 Å². The van der Waals surface area contributed by atoms with Crippen LogP contribution in [-0.2, 0) is 22.5 Å². The number of hydrogen-bond donors (Lipinski definition) is 3. The largest absolute Gasteiger partial charge is 0.466 e. The van der Waals surface area contributed by atoms with E-state index >= 15 is 0 Å². The number of benzene rings is 1. The van der Waals surface area contributed by atoms with E-state index in [2.05, 4.69) is 37.5 Å². The predicted octanol–water partition coefficient (Wildman–Crippen LogP) is 2.85. The van der Waals surface area contributed by atoms with E-state index in [0.717, 1.165) is 53.3 Å². The Morgan fingerprint density at radius 3 is 2.97 bits per heavy atom. The van der Waals surface area contributed by atoms with Crippen LogP contribution < -0.4 is 10.6 Å². The van der Waals surface area contributed by atoms with Gasteiger partial charge in [0.05, 0.1) is 12.0 Å². The number of carbonyl (C=O) groups is 1. The minimum Gasteiger partial charge on any atom is -0.466 e. The predicted molar refractivity (Wildman–Crippen MR) is 119 cm³/mol. The van der Waals surface area contributed by atoms with E-state index in [9.17, 15) is 4.79 Å². The van der Waals surface area contributed by atoms with Crippen LogP contribution in [0, 0.1) is 0 Å². The van der Waals surface area contributed by atoms with Gasteiger partial charge in [-0.1, -0.05) is 12.1 Å². The maximum absolute atomic E-state index is 11.6. The zero-order valence-corrected chi connectivity index (χ0v) is 17.9. The van der Waals surface area contributed by atoms with Gasteiger partial charge in [0.2, 0.25) is 0 Å². The van der Waals surface area contributed by atoms with Crippen molar-refractivity contribution < 1.29 is 9.53 Å². The normalized spacial score (nSPS) is 11.2. The quantitative estimate of drug-likeness (QED) is 0.418. The molecular formula is C22H30N6O2. The third kappa shape index (κ3) is 5.77. The molecule has 3 rings (SSSR count). The number of nitrogens with zero attached hydrogens (tertiary/aromatic N) is 3. The number of esters is 1. The number of ether oxygens (including phenoxy) is 1. The summed E-state index contributed by atoms with van der Waals surface area (Å²) in [6.45, 7) is 4.90. The summed E-state index contributed by atoms with van der Waals surface area (Å²) in [5.74, 6) is 0.591. The Labute approximate surface area is 177 Å². The molecule has 30 heavy (non-hydrogen) atoms. The van der Waals surface area contributed by atoms with Gasteiger partial charge in [-0.05, 0) is 50.7 Å². The van der Waals surface area contributed by atoms with Gasteiger partial charge in [0.25, 0.3) is 0 Å². The average molecular weight is 411 g/mol. The van der Waals surface area contributed by atoms with E-state index in [4.69, 9.17) is 4.74 Å². The molecule has 1 aromatic carbocycles. The van der Waals surface area contributed by atoms with E-state index in [1.54, 1.807) is 6.33 Å². The standard InChI is InChI=1S/C22H30N6O2/c1-4-30-19(29)9-8-16-6-5-7-18(12-16)27-22-20-17(14-28(3)11-10-23-2)13-24-21(20)25-15-26-22/h5-7,12-13,15,23H,4,8-11,14H2,1-3H3,(H2,24,25,26,27). The fourth-order valence-corrected chi connectivity index (χ4v) is 3.34. The molecule has 0 aliphatic carbocycles. The number of likely N-dealkylation sites (N-methyl/N-ethyl adjacent to an activating group) is 2. The first-order valence-corrected chi connectivity index (χ1v) is 10.3. The van der Waals surface area contributed by atoms with Crippen LogP contribution in [0.4, 0.5) is 11.5 Å². The van der Waals surface area contributed by atoms with Gasteiger partial charge < -0.3 is 25.3 Å². The molecule has 3 N–H and O–H groups in total. The molecule has 2 heterocycles. The second kappa shape index (κ2) is 10.7. The third-order valence-electron chi connectivity index (χ3n) is 4.85. The molecule has 0 radical (unpaired) electrons. The van der Waals surface area contributed by atoms with Crippen molar-refractivity contribution in [2.45, 2.75) is 26.3 Å². The summed E-state index contributed by atoms with van der Waals surface area (Å²) in [4.78, 5) is 26.0. The van der Waals surface area contributed by atoms with Crippen LogP contribution in [0.3, 0.4) is 0 Å². The molecule has 0 bridgehead atoms. The second-order valence-corrected chi connectivity index (χ2v) is 7.23. The van der Waals surface area contributed by atoms with Crippen molar-refractivity contribution in [3.05, 3.63) is 47.9 Å². The van der Waals surface area contributed by atoms with E-state index in [0.29, 0.717) is 19.4 Å². The summed E-state index contributed by atoms with van der Waals surface area (Å²) in [5, 5.41) is 7.59. The molecule has 0 fully saturated rings. The summed E-state index contributed by atoms with van der Waals surface area (Å²) in [6, 6.07) is 8.02. The molecule has 160 valence electrons. The first-order chi connectivity index (χ1) is 14.6. The minimum absolute atomic E-state index is 0.173. The summed E-state index contributed by atoms with van der Waals surface area (Å²) < 4.78 is 5.02. The van der Waals surface area contributed by atoms with Crippen LogP contribution in [0.15, 0.2) is 36.8 Å². The first-order valence-electron chi connectivity index (χ1n) is 10.3. The van der Waals surface area contributed by atoms with Gasteiger partial charge in [0.15, 0.2) is 0 Å². The molecule has 0 aliphatic heterocycles. The van der Waals surface area contributed by atoms with Gasteiger partial charge >= 0.3 is 5.97 Å². The van der Waals surface area contributed by atoms with Crippen LogP contribution in [0.2, 0.25) is 0 Å². The number of carbonyl (C=O) groups excluding carboxylic acids is 1. The van der Waals surface area contributed by atoms with Gasteiger partial charge in [-0.2, -0.15) is 0 Å². The van der Waals surface area contributed by atoms with Crippen LogP contribution >= 0.6 is 0 Å². The van der Waals surface area contributed by atoms with Gasteiger partial charge in [-0.25, -0.2) is 9.97 Å². The molecule has 0 saturated carbocycles.